The quantitative estimate of drug-likeness (QED) is 0.849. The number of amides is 1. The van der Waals surface area contributed by atoms with Gasteiger partial charge in [-0.2, -0.15) is 0 Å². The molecule has 0 saturated heterocycles. The Labute approximate surface area is 117 Å². The van der Waals surface area contributed by atoms with Crippen molar-refractivity contribution in [2.24, 2.45) is 0 Å². The van der Waals surface area contributed by atoms with Crippen LogP contribution in [0.5, 0.6) is 0 Å². The summed E-state index contributed by atoms with van der Waals surface area (Å²) in [6, 6.07) is 11.2. The molecule has 1 N–H and O–H groups in total. The number of furan rings is 1. The molecule has 1 amide bonds. The van der Waals surface area contributed by atoms with E-state index >= 15 is 0 Å². The van der Waals surface area contributed by atoms with Crippen molar-refractivity contribution >= 4 is 17.5 Å². The Morgan fingerprint density at radius 3 is 2.68 bits per heavy atom. The summed E-state index contributed by atoms with van der Waals surface area (Å²) < 4.78 is 5.26. The van der Waals surface area contributed by atoms with Gasteiger partial charge in [-0.25, -0.2) is 0 Å². The summed E-state index contributed by atoms with van der Waals surface area (Å²) in [6.45, 7) is 1.95. The fourth-order valence-electron chi connectivity index (χ4n) is 1.95. The number of aryl methyl sites for hydroxylation is 1. The van der Waals surface area contributed by atoms with Gasteiger partial charge in [-0.3, -0.25) is 4.79 Å². The number of carbonyl (C=O) groups is 1. The largest absolute Gasteiger partial charge is 0.469 e. The summed E-state index contributed by atoms with van der Waals surface area (Å²) in [4.78, 5) is 12.2. The Morgan fingerprint density at radius 2 is 2.05 bits per heavy atom. The maximum Gasteiger partial charge on any atom is 0.255 e. The SMILES string of the molecule is CCc1occc1C(=O)NC(CCl)c1ccccc1. The number of nitrogens with one attached hydrogen (secondary N) is 1. The molecule has 4 heteroatoms. The van der Waals surface area contributed by atoms with Gasteiger partial charge in [0.15, 0.2) is 0 Å². The lowest BCUT2D eigenvalue weighted by Gasteiger charge is -2.16. The lowest BCUT2D eigenvalue weighted by Crippen LogP contribution is -2.29. The number of carbonyl (C=O) groups excluding carboxylic acids is 1. The Kier molecular flexibility index (Phi) is 4.63. The van der Waals surface area contributed by atoms with Crippen LogP contribution in [0.15, 0.2) is 47.1 Å². The van der Waals surface area contributed by atoms with Crippen LogP contribution in [0.25, 0.3) is 0 Å². The van der Waals surface area contributed by atoms with Crippen LogP contribution in [-0.4, -0.2) is 11.8 Å². The molecule has 0 saturated carbocycles. The third-order valence-electron chi connectivity index (χ3n) is 2.97. The molecule has 1 atom stereocenters. The second-order valence-corrected chi connectivity index (χ2v) is 4.51. The van der Waals surface area contributed by atoms with E-state index < -0.39 is 0 Å². The van der Waals surface area contributed by atoms with Gasteiger partial charge < -0.3 is 9.73 Å². The molecule has 100 valence electrons. The molecule has 0 bridgehead atoms. The van der Waals surface area contributed by atoms with Crippen LogP contribution >= 0.6 is 11.6 Å². The Hall–Kier alpha value is -1.74. The van der Waals surface area contributed by atoms with Gasteiger partial charge in [-0.1, -0.05) is 37.3 Å². The molecule has 2 rings (SSSR count). The second kappa shape index (κ2) is 6.43. The number of rotatable bonds is 5. The van der Waals surface area contributed by atoms with Gasteiger partial charge in [0, 0.05) is 12.3 Å². The Morgan fingerprint density at radius 1 is 1.32 bits per heavy atom. The molecule has 0 radical (unpaired) electrons. The average molecular weight is 278 g/mol. The van der Waals surface area contributed by atoms with Crippen LogP contribution < -0.4 is 5.32 Å². The Balaban J connectivity index is 2.13. The van der Waals surface area contributed by atoms with E-state index in [2.05, 4.69) is 5.32 Å². The van der Waals surface area contributed by atoms with Crippen LogP contribution in [0, 0.1) is 0 Å². The second-order valence-electron chi connectivity index (χ2n) is 4.20. The van der Waals surface area contributed by atoms with Gasteiger partial charge in [0.1, 0.15) is 5.76 Å². The summed E-state index contributed by atoms with van der Waals surface area (Å²) in [6.07, 6.45) is 2.22. The van der Waals surface area contributed by atoms with E-state index in [0.29, 0.717) is 23.6 Å². The van der Waals surface area contributed by atoms with Crippen LogP contribution in [0.1, 0.15) is 34.6 Å². The van der Waals surface area contributed by atoms with Crippen molar-refractivity contribution < 1.29 is 9.21 Å². The standard InChI is InChI=1S/C15H16ClNO2/c1-2-14-12(8-9-19-14)15(18)17-13(10-16)11-6-4-3-5-7-11/h3-9,13H,2,10H2,1H3,(H,17,18). The smallest absolute Gasteiger partial charge is 0.255 e. The maximum absolute atomic E-state index is 12.2. The minimum absolute atomic E-state index is 0.153. The minimum Gasteiger partial charge on any atom is -0.469 e. The Bertz CT molecular complexity index is 536. The van der Waals surface area contributed by atoms with Gasteiger partial charge in [0.05, 0.1) is 17.9 Å². The van der Waals surface area contributed by atoms with Crippen molar-refractivity contribution in [3.05, 3.63) is 59.5 Å². The molecule has 19 heavy (non-hydrogen) atoms. The summed E-state index contributed by atoms with van der Waals surface area (Å²) >= 11 is 5.94. The van der Waals surface area contributed by atoms with Gasteiger partial charge in [-0.15, -0.1) is 11.6 Å². The summed E-state index contributed by atoms with van der Waals surface area (Å²) in [5, 5.41) is 2.93. The first kappa shape index (κ1) is 13.7. The van der Waals surface area contributed by atoms with E-state index in [-0.39, 0.29) is 11.9 Å². The number of benzene rings is 1. The molecular formula is C15H16ClNO2. The average Bonchev–Trinajstić information content (AvgIpc) is 2.94. The fraction of sp³-hybridized carbons (Fsp3) is 0.267. The first-order valence-corrected chi connectivity index (χ1v) is 6.77. The highest BCUT2D eigenvalue weighted by molar-refractivity contribution is 6.18. The van der Waals surface area contributed by atoms with Crippen molar-refractivity contribution in [2.75, 3.05) is 5.88 Å². The van der Waals surface area contributed by atoms with Crippen molar-refractivity contribution in [3.8, 4) is 0 Å². The zero-order chi connectivity index (χ0) is 13.7. The summed E-state index contributed by atoms with van der Waals surface area (Å²) in [5.74, 6) is 0.869. The predicted octanol–water partition coefficient (Wildman–Crippen LogP) is 3.55. The van der Waals surface area contributed by atoms with Crippen LogP contribution in [0.3, 0.4) is 0 Å². The number of hydrogen-bond acceptors (Lipinski definition) is 2. The van der Waals surface area contributed by atoms with Crippen molar-refractivity contribution in [2.45, 2.75) is 19.4 Å². The maximum atomic E-state index is 12.2. The minimum atomic E-state index is -0.199. The highest BCUT2D eigenvalue weighted by atomic mass is 35.5. The molecule has 1 heterocycles. The zero-order valence-corrected chi connectivity index (χ0v) is 11.5. The van der Waals surface area contributed by atoms with Gasteiger partial charge in [0.25, 0.3) is 5.91 Å². The molecule has 1 aromatic carbocycles. The van der Waals surface area contributed by atoms with Gasteiger partial charge >= 0.3 is 0 Å². The lowest BCUT2D eigenvalue weighted by molar-refractivity contribution is 0.0938. The molecule has 2 aromatic rings. The zero-order valence-electron chi connectivity index (χ0n) is 10.7. The van der Waals surface area contributed by atoms with E-state index in [1.165, 1.54) is 6.26 Å². The van der Waals surface area contributed by atoms with Crippen molar-refractivity contribution in [1.29, 1.82) is 0 Å². The molecule has 0 fully saturated rings. The molecule has 0 aliphatic rings. The molecule has 0 spiro atoms. The third-order valence-corrected chi connectivity index (χ3v) is 3.28. The number of alkyl halides is 1. The van der Waals surface area contributed by atoms with Gasteiger partial charge in [0.2, 0.25) is 0 Å². The third kappa shape index (κ3) is 3.18. The van der Waals surface area contributed by atoms with Crippen LogP contribution in [-0.2, 0) is 6.42 Å². The van der Waals surface area contributed by atoms with Gasteiger partial charge in [-0.05, 0) is 11.6 Å². The summed E-state index contributed by atoms with van der Waals surface area (Å²) in [5.41, 5.74) is 1.57. The van der Waals surface area contributed by atoms with Crippen LogP contribution in [0.2, 0.25) is 0 Å². The predicted molar refractivity (Wildman–Crippen MR) is 75.5 cm³/mol. The van der Waals surface area contributed by atoms with E-state index in [4.69, 9.17) is 16.0 Å². The number of hydrogen-bond donors (Lipinski definition) is 1. The number of halogens is 1. The van der Waals surface area contributed by atoms with E-state index in [9.17, 15) is 4.79 Å². The van der Waals surface area contributed by atoms with Crippen molar-refractivity contribution in [1.82, 2.24) is 5.32 Å². The van der Waals surface area contributed by atoms with Crippen LogP contribution in [0.4, 0.5) is 0 Å². The molecule has 0 aliphatic carbocycles. The fourth-order valence-corrected chi connectivity index (χ4v) is 2.20. The van der Waals surface area contributed by atoms with E-state index in [0.717, 1.165) is 5.56 Å². The highest BCUT2D eigenvalue weighted by Gasteiger charge is 2.18. The monoisotopic (exact) mass is 277 g/mol. The normalized spacial score (nSPS) is 12.1. The molecule has 0 aliphatic heterocycles. The highest BCUT2D eigenvalue weighted by Crippen LogP contribution is 2.17. The molecular weight excluding hydrogens is 262 g/mol. The molecule has 1 unspecified atom stereocenters. The topological polar surface area (TPSA) is 42.2 Å². The lowest BCUT2D eigenvalue weighted by atomic mass is 10.1. The van der Waals surface area contributed by atoms with Crippen molar-refractivity contribution in [3.63, 3.8) is 0 Å². The first-order chi connectivity index (χ1) is 9.26. The first-order valence-electron chi connectivity index (χ1n) is 6.24. The van der Waals surface area contributed by atoms with E-state index in [1.54, 1.807) is 6.07 Å². The molecule has 1 aromatic heterocycles. The van der Waals surface area contributed by atoms with E-state index in [1.807, 2.05) is 37.3 Å². The summed E-state index contributed by atoms with van der Waals surface area (Å²) in [7, 11) is 0. The molecule has 3 nitrogen and oxygen atoms in total.